The number of nitrogens with two attached hydrogens (primary N) is 1. The van der Waals surface area contributed by atoms with Gasteiger partial charge in [-0.25, -0.2) is 0 Å². The van der Waals surface area contributed by atoms with Gasteiger partial charge in [0.1, 0.15) is 5.69 Å². The van der Waals surface area contributed by atoms with E-state index in [2.05, 4.69) is 20.9 Å². The molecule has 3 N–H and O–H groups in total. The number of halogens is 1. The molecule has 2 heterocycles. The zero-order valence-electron chi connectivity index (χ0n) is 11.4. The molecule has 108 valence electrons. The molecule has 2 aromatic heterocycles. The third-order valence-electron chi connectivity index (χ3n) is 3.24. The molecule has 0 atom stereocenters. The van der Waals surface area contributed by atoms with Crippen LogP contribution in [0.5, 0.6) is 0 Å². The average molecular weight is 364 g/mol. The molecular formula is C15H14BrN3OS. The number of amides is 1. The smallest absolute Gasteiger partial charge is 0.270 e. The van der Waals surface area contributed by atoms with Gasteiger partial charge >= 0.3 is 0 Å². The van der Waals surface area contributed by atoms with Gasteiger partial charge in [-0.15, -0.1) is 11.3 Å². The highest BCUT2D eigenvalue weighted by Crippen LogP contribution is 2.22. The van der Waals surface area contributed by atoms with Crippen molar-refractivity contribution in [1.29, 1.82) is 0 Å². The number of carbonyl (C=O) groups excluding carboxylic acids is 1. The van der Waals surface area contributed by atoms with Crippen molar-refractivity contribution in [3.63, 3.8) is 0 Å². The monoisotopic (exact) mass is 363 g/mol. The molecule has 1 amide bonds. The predicted octanol–water partition coefficient (Wildman–Crippen LogP) is 3.85. The summed E-state index contributed by atoms with van der Waals surface area (Å²) in [6, 6.07) is 9.44. The number of hydrogen-bond acceptors (Lipinski definition) is 3. The van der Waals surface area contributed by atoms with Crippen LogP contribution in [0.15, 0.2) is 40.2 Å². The molecule has 0 aliphatic carbocycles. The fourth-order valence-electron chi connectivity index (χ4n) is 2.21. The van der Waals surface area contributed by atoms with Crippen molar-refractivity contribution >= 4 is 49.8 Å². The number of carbonyl (C=O) groups is 1. The van der Waals surface area contributed by atoms with Gasteiger partial charge in [0.05, 0.1) is 6.54 Å². The lowest BCUT2D eigenvalue weighted by Gasteiger charge is -2.15. The van der Waals surface area contributed by atoms with Crippen LogP contribution in [-0.2, 0) is 6.54 Å². The number of fused-ring (bicyclic) bond motifs is 1. The molecular weight excluding hydrogens is 350 g/mol. The summed E-state index contributed by atoms with van der Waals surface area (Å²) in [5, 5.41) is 2.96. The number of nitrogen functional groups attached to an aromatic ring is 1. The molecule has 0 radical (unpaired) electrons. The van der Waals surface area contributed by atoms with Gasteiger partial charge in [0.2, 0.25) is 0 Å². The third kappa shape index (κ3) is 2.96. The van der Waals surface area contributed by atoms with Crippen molar-refractivity contribution in [2.45, 2.75) is 6.54 Å². The van der Waals surface area contributed by atoms with Crippen molar-refractivity contribution in [1.82, 2.24) is 9.88 Å². The molecule has 0 unspecified atom stereocenters. The summed E-state index contributed by atoms with van der Waals surface area (Å²) in [5.74, 6) is -0.0331. The van der Waals surface area contributed by atoms with Gasteiger partial charge in [-0.3, -0.25) is 4.79 Å². The van der Waals surface area contributed by atoms with Crippen LogP contribution in [0.1, 0.15) is 15.4 Å². The largest absolute Gasteiger partial charge is 0.399 e. The highest BCUT2D eigenvalue weighted by atomic mass is 79.9. The Morgan fingerprint density at radius 2 is 2.19 bits per heavy atom. The molecule has 6 heteroatoms. The Morgan fingerprint density at radius 1 is 1.38 bits per heavy atom. The maximum Gasteiger partial charge on any atom is 0.270 e. The van der Waals surface area contributed by atoms with Crippen molar-refractivity contribution in [3.8, 4) is 0 Å². The van der Waals surface area contributed by atoms with Crippen LogP contribution in [0.25, 0.3) is 10.9 Å². The summed E-state index contributed by atoms with van der Waals surface area (Å²) in [5.41, 5.74) is 7.95. The molecule has 3 aromatic rings. The molecule has 4 nitrogen and oxygen atoms in total. The van der Waals surface area contributed by atoms with E-state index in [1.807, 2.05) is 35.7 Å². The summed E-state index contributed by atoms with van der Waals surface area (Å²) in [7, 11) is 1.80. The Kier molecular flexibility index (Phi) is 3.73. The molecule has 0 saturated heterocycles. The lowest BCUT2D eigenvalue weighted by molar-refractivity contribution is 0.0781. The molecule has 0 saturated carbocycles. The van der Waals surface area contributed by atoms with E-state index in [9.17, 15) is 4.79 Å². The summed E-state index contributed by atoms with van der Waals surface area (Å²) in [6.45, 7) is 0.590. The number of anilines is 1. The van der Waals surface area contributed by atoms with Gasteiger partial charge in [0.25, 0.3) is 5.91 Å². The zero-order valence-corrected chi connectivity index (χ0v) is 13.8. The molecule has 0 spiro atoms. The molecule has 0 fully saturated rings. The fraction of sp³-hybridized carbons (Fsp3) is 0.133. The van der Waals surface area contributed by atoms with E-state index in [0.717, 1.165) is 20.3 Å². The number of nitrogens with one attached hydrogen (secondary N) is 1. The van der Waals surface area contributed by atoms with E-state index in [-0.39, 0.29) is 5.91 Å². The minimum atomic E-state index is -0.0331. The van der Waals surface area contributed by atoms with E-state index in [1.165, 1.54) is 0 Å². The summed E-state index contributed by atoms with van der Waals surface area (Å²) < 4.78 is 1.05. The van der Waals surface area contributed by atoms with Crippen LogP contribution >= 0.6 is 27.3 Å². The number of hydrogen-bond donors (Lipinski definition) is 2. The normalized spacial score (nSPS) is 11.0. The number of thiophene rings is 1. The predicted molar refractivity (Wildman–Crippen MR) is 90.5 cm³/mol. The maximum atomic E-state index is 12.5. The van der Waals surface area contributed by atoms with E-state index in [4.69, 9.17) is 5.73 Å². The molecule has 0 aliphatic heterocycles. The van der Waals surface area contributed by atoms with E-state index < -0.39 is 0 Å². The third-order valence-corrected chi connectivity index (χ3v) is 4.92. The second kappa shape index (κ2) is 5.54. The average Bonchev–Trinajstić information content (AvgIpc) is 3.03. The number of aromatic amines is 1. The van der Waals surface area contributed by atoms with Crippen LogP contribution in [-0.4, -0.2) is 22.8 Å². The van der Waals surface area contributed by atoms with Crippen LogP contribution in [0, 0.1) is 0 Å². The van der Waals surface area contributed by atoms with E-state index >= 15 is 0 Å². The number of benzene rings is 1. The zero-order chi connectivity index (χ0) is 15.0. The van der Waals surface area contributed by atoms with E-state index in [1.54, 1.807) is 23.3 Å². The number of rotatable bonds is 3. The Morgan fingerprint density at radius 3 is 2.90 bits per heavy atom. The number of nitrogens with zero attached hydrogens (tertiary/aromatic N) is 1. The van der Waals surface area contributed by atoms with Crippen molar-refractivity contribution in [3.05, 3.63) is 50.8 Å². The van der Waals surface area contributed by atoms with Crippen molar-refractivity contribution in [2.75, 3.05) is 12.8 Å². The first-order chi connectivity index (χ1) is 10.0. The highest BCUT2D eigenvalue weighted by molar-refractivity contribution is 9.10. The molecule has 1 aromatic carbocycles. The lowest BCUT2D eigenvalue weighted by Crippen LogP contribution is -2.26. The maximum absolute atomic E-state index is 12.5. The SMILES string of the molecule is CN(Cc1cc(Br)cs1)C(=O)c1cc2cc(N)ccc2[nH]1. The molecule has 3 rings (SSSR count). The van der Waals surface area contributed by atoms with Crippen LogP contribution in [0.2, 0.25) is 0 Å². The van der Waals surface area contributed by atoms with Crippen LogP contribution in [0.4, 0.5) is 5.69 Å². The Bertz CT molecular complexity index is 808. The van der Waals surface area contributed by atoms with Gasteiger partial charge in [0, 0.05) is 38.4 Å². The molecule has 21 heavy (non-hydrogen) atoms. The molecule has 0 aliphatic rings. The van der Waals surface area contributed by atoms with Gasteiger partial charge in [0.15, 0.2) is 0 Å². The standard InChI is InChI=1S/C15H14BrN3OS/c1-19(7-12-6-10(16)8-21-12)15(20)14-5-9-4-11(17)2-3-13(9)18-14/h2-6,8,18H,7,17H2,1H3. The lowest BCUT2D eigenvalue weighted by atomic mass is 10.2. The van der Waals surface area contributed by atoms with Gasteiger partial charge in [-0.2, -0.15) is 0 Å². The number of H-pyrrole nitrogens is 1. The second-order valence-corrected chi connectivity index (χ2v) is 6.83. The minimum absolute atomic E-state index is 0.0331. The summed E-state index contributed by atoms with van der Waals surface area (Å²) in [6.07, 6.45) is 0. The van der Waals surface area contributed by atoms with Crippen molar-refractivity contribution < 1.29 is 4.79 Å². The number of aromatic nitrogens is 1. The first-order valence-corrected chi connectivity index (χ1v) is 8.07. The van der Waals surface area contributed by atoms with Crippen LogP contribution < -0.4 is 5.73 Å². The summed E-state index contributed by atoms with van der Waals surface area (Å²) >= 11 is 5.05. The quantitative estimate of drug-likeness (QED) is 0.694. The second-order valence-electron chi connectivity index (χ2n) is 4.92. The minimum Gasteiger partial charge on any atom is -0.399 e. The van der Waals surface area contributed by atoms with Crippen molar-refractivity contribution in [2.24, 2.45) is 0 Å². The van der Waals surface area contributed by atoms with E-state index in [0.29, 0.717) is 17.9 Å². The Hall–Kier alpha value is -1.79. The first-order valence-electron chi connectivity index (χ1n) is 6.39. The Labute approximate surface area is 134 Å². The summed E-state index contributed by atoms with van der Waals surface area (Å²) in [4.78, 5) is 18.4. The van der Waals surface area contributed by atoms with Gasteiger partial charge in [-0.05, 0) is 46.3 Å². The van der Waals surface area contributed by atoms with Gasteiger partial charge < -0.3 is 15.6 Å². The highest BCUT2D eigenvalue weighted by Gasteiger charge is 2.15. The van der Waals surface area contributed by atoms with Gasteiger partial charge in [-0.1, -0.05) is 0 Å². The topological polar surface area (TPSA) is 62.1 Å². The fourth-order valence-corrected chi connectivity index (χ4v) is 3.72. The molecule has 0 bridgehead atoms. The Balaban J connectivity index is 1.82. The van der Waals surface area contributed by atoms with Crippen LogP contribution in [0.3, 0.4) is 0 Å². The first kappa shape index (κ1) is 14.2.